The van der Waals surface area contributed by atoms with Gasteiger partial charge in [0.05, 0.1) is 0 Å². The van der Waals surface area contributed by atoms with Crippen LogP contribution in [0.25, 0.3) is 0 Å². The van der Waals surface area contributed by atoms with Crippen molar-refractivity contribution in [1.82, 2.24) is 4.90 Å². The summed E-state index contributed by atoms with van der Waals surface area (Å²) in [5.41, 5.74) is 2.23. The molecule has 1 unspecified atom stereocenters. The van der Waals surface area contributed by atoms with Crippen LogP contribution in [0, 0.1) is 0 Å². The van der Waals surface area contributed by atoms with E-state index < -0.39 is 12.0 Å². The maximum absolute atomic E-state index is 11.3. The second-order valence-electron chi connectivity index (χ2n) is 5.71. The first-order chi connectivity index (χ1) is 9.09. The van der Waals surface area contributed by atoms with E-state index in [0.29, 0.717) is 5.92 Å². The molecule has 0 amide bonds. The van der Waals surface area contributed by atoms with Crippen molar-refractivity contribution in [2.75, 3.05) is 14.1 Å². The van der Waals surface area contributed by atoms with Gasteiger partial charge in [0.2, 0.25) is 0 Å². The molecule has 3 nitrogen and oxygen atoms in total. The minimum absolute atomic E-state index is 0.555. The van der Waals surface area contributed by atoms with Gasteiger partial charge in [-0.15, -0.1) is 0 Å². The van der Waals surface area contributed by atoms with Crippen molar-refractivity contribution in [3.8, 4) is 0 Å². The van der Waals surface area contributed by atoms with Crippen molar-refractivity contribution < 1.29 is 9.90 Å². The summed E-state index contributed by atoms with van der Waals surface area (Å²) in [5.74, 6) is -0.124. The van der Waals surface area contributed by atoms with Gasteiger partial charge in [-0.3, -0.25) is 9.69 Å². The lowest BCUT2D eigenvalue weighted by molar-refractivity contribution is -0.142. The molecule has 0 aliphatic heterocycles. The SMILES string of the molecule is CN(C)C(C(=O)O)c1ccc(C2CCCCC2)cc1. The maximum Gasteiger partial charge on any atom is 0.325 e. The quantitative estimate of drug-likeness (QED) is 0.902. The fraction of sp³-hybridized carbons (Fsp3) is 0.562. The van der Waals surface area contributed by atoms with Gasteiger partial charge in [0.1, 0.15) is 6.04 Å². The van der Waals surface area contributed by atoms with Gasteiger partial charge >= 0.3 is 5.97 Å². The van der Waals surface area contributed by atoms with Crippen LogP contribution in [0.5, 0.6) is 0 Å². The van der Waals surface area contributed by atoms with Crippen LogP contribution >= 0.6 is 0 Å². The predicted octanol–water partition coefficient (Wildman–Crippen LogP) is 3.42. The molecule has 0 spiro atoms. The zero-order chi connectivity index (χ0) is 13.8. The first-order valence-corrected chi connectivity index (χ1v) is 7.08. The third kappa shape index (κ3) is 3.35. The van der Waals surface area contributed by atoms with Crippen LogP contribution in [0.3, 0.4) is 0 Å². The summed E-state index contributed by atoms with van der Waals surface area (Å²) >= 11 is 0. The van der Waals surface area contributed by atoms with Gasteiger partial charge in [-0.1, -0.05) is 43.5 Å². The fourth-order valence-electron chi connectivity index (χ4n) is 3.05. The monoisotopic (exact) mass is 261 g/mol. The molecular weight excluding hydrogens is 238 g/mol. The van der Waals surface area contributed by atoms with Crippen molar-refractivity contribution in [1.29, 1.82) is 0 Å². The highest BCUT2D eigenvalue weighted by Gasteiger charge is 2.22. The van der Waals surface area contributed by atoms with E-state index >= 15 is 0 Å². The Balaban J connectivity index is 2.14. The summed E-state index contributed by atoms with van der Waals surface area (Å²) in [5, 5.41) is 9.27. The van der Waals surface area contributed by atoms with Crippen LogP contribution in [0.2, 0.25) is 0 Å². The summed E-state index contributed by atoms with van der Waals surface area (Å²) in [6, 6.07) is 7.63. The number of carboxylic acid groups (broad SMARTS) is 1. The Morgan fingerprint density at radius 2 is 1.74 bits per heavy atom. The molecule has 0 bridgehead atoms. The van der Waals surface area contributed by atoms with Gasteiger partial charge < -0.3 is 5.11 Å². The number of carboxylic acids is 1. The van der Waals surface area contributed by atoms with E-state index in [-0.39, 0.29) is 0 Å². The minimum atomic E-state index is -0.796. The predicted molar refractivity (Wildman–Crippen MR) is 76.3 cm³/mol. The lowest BCUT2D eigenvalue weighted by Gasteiger charge is -2.24. The molecule has 1 aliphatic rings. The largest absolute Gasteiger partial charge is 0.480 e. The molecule has 3 heteroatoms. The molecule has 104 valence electrons. The Hall–Kier alpha value is -1.35. The molecule has 1 saturated carbocycles. The molecule has 1 aliphatic carbocycles. The number of benzene rings is 1. The summed E-state index contributed by atoms with van der Waals surface area (Å²) in [4.78, 5) is 13.0. The number of likely N-dealkylation sites (N-methyl/N-ethyl adjacent to an activating group) is 1. The van der Waals surface area contributed by atoms with E-state index in [1.807, 2.05) is 12.1 Å². The Labute approximate surface area is 115 Å². The van der Waals surface area contributed by atoms with Gasteiger partial charge in [0.25, 0.3) is 0 Å². The Bertz CT molecular complexity index is 419. The highest BCUT2D eigenvalue weighted by Crippen LogP contribution is 2.33. The molecular formula is C16H23NO2. The average molecular weight is 261 g/mol. The minimum Gasteiger partial charge on any atom is -0.480 e. The van der Waals surface area contributed by atoms with Crippen molar-refractivity contribution in [2.24, 2.45) is 0 Å². The second kappa shape index (κ2) is 6.20. The lowest BCUT2D eigenvalue weighted by atomic mass is 9.83. The van der Waals surface area contributed by atoms with Crippen molar-refractivity contribution >= 4 is 5.97 Å². The van der Waals surface area contributed by atoms with Crippen molar-refractivity contribution in [3.05, 3.63) is 35.4 Å². The van der Waals surface area contributed by atoms with Gasteiger partial charge in [-0.2, -0.15) is 0 Å². The van der Waals surface area contributed by atoms with E-state index in [1.54, 1.807) is 19.0 Å². The Kier molecular flexibility index (Phi) is 4.59. The molecule has 0 heterocycles. The van der Waals surface area contributed by atoms with E-state index in [9.17, 15) is 9.90 Å². The van der Waals surface area contributed by atoms with Gasteiger partial charge in [-0.25, -0.2) is 0 Å². The number of hydrogen-bond donors (Lipinski definition) is 1. The van der Waals surface area contributed by atoms with Crippen LogP contribution in [-0.4, -0.2) is 30.1 Å². The number of nitrogens with zero attached hydrogens (tertiary/aromatic N) is 1. The Morgan fingerprint density at radius 1 is 1.16 bits per heavy atom. The summed E-state index contributed by atoms with van der Waals surface area (Å²) in [7, 11) is 3.60. The van der Waals surface area contributed by atoms with Crippen molar-refractivity contribution in [3.63, 3.8) is 0 Å². The molecule has 1 fully saturated rings. The molecule has 2 rings (SSSR count). The normalized spacial score (nSPS) is 18.5. The van der Waals surface area contributed by atoms with Gasteiger partial charge in [-0.05, 0) is 44.0 Å². The van der Waals surface area contributed by atoms with Gasteiger partial charge in [0, 0.05) is 0 Å². The van der Waals surface area contributed by atoms with E-state index in [1.165, 1.54) is 37.7 Å². The molecule has 1 atom stereocenters. The summed E-state index contributed by atoms with van der Waals surface area (Å²) in [6.45, 7) is 0. The van der Waals surface area contributed by atoms with Crippen LogP contribution < -0.4 is 0 Å². The number of aliphatic carboxylic acids is 1. The first-order valence-electron chi connectivity index (χ1n) is 7.08. The third-order valence-corrected chi connectivity index (χ3v) is 4.08. The average Bonchev–Trinajstić information content (AvgIpc) is 2.40. The zero-order valence-corrected chi connectivity index (χ0v) is 11.8. The molecule has 0 radical (unpaired) electrons. The molecule has 1 N–H and O–H groups in total. The maximum atomic E-state index is 11.3. The number of carbonyl (C=O) groups is 1. The van der Waals surface area contributed by atoms with Gasteiger partial charge in [0.15, 0.2) is 0 Å². The van der Waals surface area contributed by atoms with Crippen LogP contribution in [0.1, 0.15) is 55.2 Å². The molecule has 1 aromatic carbocycles. The molecule has 1 aromatic rings. The lowest BCUT2D eigenvalue weighted by Crippen LogP contribution is -2.27. The Morgan fingerprint density at radius 3 is 2.21 bits per heavy atom. The molecule has 0 saturated heterocycles. The fourth-order valence-corrected chi connectivity index (χ4v) is 3.05. The highest BCUT2D eigenvalue weighted by atomic mass is 16.4. The highest BCUT2D eigenvalue weighted by molar-refractivity contribution is 5.75. The smallest absolute Gasteiger partial charge is 0.325 e. The van der Waals surface area contributed by atoms with E-state index in [2.05, 4.69) is 12.1 Å². The summed E-state index contributed by atoms with van der Waals surface area (Å²) < 4.78 is 0. The topological polar surface area (TPSA) is 40.5 Å². The zero-order valence-electron chi connectivity index (χ0n) is 11.8. The second-order valence-corrected chi connectivity index (χ2v) is 5.71. The van der Waals surface area contributed by atoms with Crippen LogP contribution in [0.4, 0.5) is 0 Å². The standard InChI is InChI=1S/C16H23NO2/c1-17(2)15(16(18)19)14-10-8-13(9-11-14)12-6-4-3-5-7-12/h8-12,15H,3-7H2,1-2H3,(H,18,19). The van der Waals surface area contributed by atoms with Crippen molar-refractivity contribution in [2.45, 2.75) is 44.1 Å². The number of rotatable bonds is 4. The number of hydrogen-bond acceptors (Lipinski definition) is 2. The van der Waals surface area contributed by atoms with E-state index in [4.69, 9.17) is 0 Å². The van der Waals surface area contributed by atoms with Crippen LogP contribution in [0.15, 0.2) is 24.3 Å². The first kappa shape index (κ1) is 14.1. The van der Waals surface area contributed by atoms with Crippen LogP contribution in [-0.2, 0) is 4.79 Å². The van der Waals surface area contributed by atoms with E-state index in [0.717, 1.165) is 5.56 Å². The third-order valence-electron chi connectivity index (χ3n) is 4.08. The summed E-state index contributed by atoms with van der Waals surface area (Å²) in [6.07, 6.45) is 6.55. The molecule has 19 heavy (non-hydrogen) atoms. The molecule has 0 aromatic heterocycles.